The minimum atomic E-state index is -0.459. The molecule has 0 heterocycles. The summed E-state index contributed by atoms with van der Waals surface area (Å²) >= 11 is 4.90. The molecule has 0 radical (unpaired) electrons. The number of nitrogens with two attached hydrogens (primary N) is 1. The van der Waals surface area contributed by atoms with E-state index in [1.54, 1.807) is 12.1 Å². The van der Waals surface area contributed by atoms with Crippen molar-refractivity contribution in [3.8, 4) is 0 Å². The van der Waals surface area contributed by atoms with E-state index in [2.05, 4.69) is 15.8 Å². The Morgan fingerprint density at radius 3 is 2.41 bits per heavy atom. The van der Waals surface area contributed by atoms with Crippen molar-refractivity contribution < 1.29 is 4.79 Å². The molecule has 0 unspecified atom stereocenters. The van der Waals surface area contributed by atoms with Gasteiger partial charge in [-0.2, -0.15) is 5.10 Å². The highest BCUT2D eigenvalue weighted by molar-refractivity contribution is 7.82. The van der Waals surface area contributed by atoms with E-state index in [4.69, 9.17) is 18.0 Å². The van der Waals surface area contributed by atoms with Crippen LogP contribution in [0.4, 0.5) is 11.4 Å². The first kappa shape index (κ1) is 15.7. The van der Waals surface area contributed by atoms with Gasteiger partial charge in [0.25, 0.3) is 5.91 Å². The molecule has 0 aromatic heterocycles. The number of carbonyl (C=O) groups is 1. The van der Waals surface area contributed by atoms with Crippen molar-refractivity contribution in [3.63, 3.8) is 0 Å². The van der Waals surface area contributed by atoms with Gasteiger partial charge in [-0.25, -0.2) is 0 Å². The maximum atomic E-state index is 12.2. The maximum absolute atomic E-state index is 12.2. The van der Waals surface area contributed by atoms with Crippen LogP contribution in [-0.4, -0.2) is 16.6 Å². The maximum Gasteiger partial charge on any atom is 0.279 e. The third-order valence-electron chi connectivity index (χ3n) is 2.80. The van der Waals surface area contributed by atoms with Crippen LogP contribution < -0.4 is 16.5 Å². The highest BCUT2D eigenvalue weighted by atomic mass is 32.1. The first-order valence-electron chi connectivity index (χ1n) is 6.63. The SMILES string of the molecule is Cc1cccc(NN=C(C(=O)Nc2ccccc2)C(N)=S)c1. The second-order valence-electron chi connectivity index (χ2n) is 4.63. The molecule has 0 saturated heterocycles. The van der Waals surface area contributed by atoms with Crippen LogP contribution in [-0.2, 0) is 4.79 Å². The summed E-state index contributed by atoms with van der Waals surface area (Å²) in [5.41, 5.74) is 10.8. The second-order valence-corrected chi connectivity index (χ2v) is 5.07. The minimum Gasteiger partial charge on any atom is -0.388 e. The van der Waals surface area contributed by atoms with E-state index in [0.29, 0.717) is 5.69 Å². The lowest BCUT2D eigenvalue weighted by Crippen LogP contribution is -2.34. The van der Waals surface area contributed by atoms with Gasteiger partial charge in [0, 0.05) is 5.69 Å². The van der Waals surface area contributed by atoms with Gasteiger partial charge in [-0.3, -0.25) is 10.2 Å². The van der Waals surface area contributed by atoms with Crippen LogP contribution in [0, 0.1) is 6.92 Å². The number of hydrogen-bond donors (Lipinski definition) is 3. The molecule has 0 fully saturated rings. The van der Waals surface area contributed by atoms with Crippen molar-refractivity contribution in [2.75, 3.05) is 10.7 Å². The molecule has 0 aliphatic carbocycles. The molecule has 112 valence electrons. The quantitative estimate of drug-likeness (QED) is 0.450. The number of rotatable bonds is 5. The zero-order valence-corrected chi connectivity index (χ0v) is 12.9. The van der Waals surface area contributed by atoms with E-state index in [1.807, 2.05) is 49.4 Å². The van der Waals surface area contributed by atoms with Gasteiger partial charge < -0.3 is 11.1 Å². The summed E-state index contributed by atoms with van der Waals surface area (Å²) in [6.45, 7) is 1.96. The summed E-state index contributed by atoms with van der Waals surface area (Å²) in [5.74, 6) is -0.459. The minimum absolute atomic E-state index is 0.0274. The molecule has 2 aromatic carbocycles. The molecular weight excluding hydrogens is 296 g/mol. The zero-order chi connectivity index (χ0) is 15.9. The fourth-order valence-electron chi connectivity index (χ4n) is 1.76. The fraction of sp³-hybridized carbons (Fsp3) is 0.0625. The molecule has 0 aliphatic heterocycles. The Balaban J connectivity index is 2.13. The average Bonchev–Trinajstić information content (AvgIpc) is 2.48. The number of aryl methyl sites for hydroxylation is 1. The molecule has 0 saturated carbocycles. The molecular formula is C16H16N4OS. The molecule has 2 rings (SSSR count). The summed E-state index contributed by atoms with van der Waals surface area (Å²) in [4.78, 5) is 12.1. The van der Waals surface area contributed by atoms with Crippen LogP contribution in [0.2, 0.25) is 0 Å². The van der Waals surface area contributed by atoms with Crippen LogP contribution in [0.5, 0.6) is 0 Å². The lowest BCUT2D eigenvalue weighted by Gasteiger charge is -2.08. The van der Waals surface area contributed by atoms with Crippen LogP contribution in [0.25, 0.3) is 0 Å². The molecule has 1 amide bonds. The zero-order valence-electron chi connectivity index (χ0n) is 12.0. The normalized spacial score (nSPS) is 10.9. The Kier molecular flexibility index (Phi) is 5.21. The molecule has 0 atom stereocenters. The molecule has 5 nitrogen and oxygen atoms in total. The Hall–Kier alpha value is -2.73. The fourth-order valence-corrected chi connectivity index (χ4v) is 1.90. The number of nitrogens with one attached hydrogen (secondary N) is 2. The van der Waals surface area contributed by atoms with Crippen molar-refractivity contribution in [2.45, 2.75) is 6.92 Å². The van der Waals surface area contributed by atoms with Gasteiger partial charge in [-0.1, -0.05) is 42.5 Å². The molecule has 0 bridgehead atoms. The number of carbonyl (C=O) groups excluding carboxylic acids is 1. The van der Waals surface area contributed by atoms with Crippen molar-refractivity contribution in [2.24, 2.45) is 10.8 Å². The van der Waals surface area contributed by atoms with Gasteiger partial charge in [0.05, 0.1) is 5.69 Å². The Bertz CT molecular complexity index is 713. The third kappa shape index (κ3) is 4.39. The standard InChI is InChI=1S/C16H16N4OS/c1-11-6-5-9-13(10-11)19-20-14(15(17)22)16(21)18-12-7-3-2-4-8-12/h2-10,19H,1H3,(H2,17,22)(H,18,21). The first-order valence-corrected chi connectivity index (χ1v) is 7.03. The monoisotopic (exact) mass is 312 g/mol. The Morgan fingerprint density at radius 2 is 1.77 bits per heavy atom. The number of benzene rings is 2. The van der Waals surface area contributed by atoms with Gasteiger partial charge in [-0.15, -0.1) is 0 Å². The number of hydrazone groups is 1. The number of para-hydroxylation sites is 1. The van der Waals surface area contributed by atoms with Gasteiger partial charge in [0.1, 0.15) is 4.99 Å². The van der Waals surface area contributed by atoms with E-state index in [0.717, 1.165) is 11.3 Å². The largest absolute Gasteiger partial charge is 0.388 e. The topological polar surface area (TPSA) is 79.5 Å². The molecule has 6 heteroatoms. The molecule has 2 aromatic rings. The summed E-state index contributed by atoms with van der Waals surface area (Å²) in [6, 6.07) is 16.6. The number of anilines is 2. The van der Waals surface area contributed by atoms with Gasteiger partial charge >= 0.3 is 0 Å². The van der Waals surface area contributed by atoms with Crippen molar-refractivity contribution in [1.29, 1.82) is 0 Å². The van der Waals surface area contributed by atoms with Crippen molar-refractivity contribution in [3.05, 3.63) is 60.2 Å². The molecule has 4 N–H and O–H groups in total. The summed E-state index contributed by atoms with van der Waals surface area (Å²) in [5, 5.41) is 6.71. The van der Waals surface area contributed by atoms with E-state index < -0.39 is 5.91 Å². The molecule has 0 spiro atoms. The predicted octanol–water partition coefficient (Wildman–Crippen LogP) is 2.69. The van der Waals surface area contributed by atoms with E-state index in [-0.39, 0.29) is 10.7 Å². The number of nitrogens with zero attached hydrogens (tertiary/aromatic N) is 1. The molecule has 22 heavy (non-hydrogen) atoms. The van der Waals surface area contributed by atoms with Gasteiger partial charge in [0.15, 0.2) is 5.71 Å². The second kappa shape index (κ2) is 7.33. The van der Waals surface area contributed by atoms with E-state index in [9.17, 15) is 4.79 Å². The van der Waals surface area contributed by atoms with Crippen LogP contribution >= 0.6 is 12.2 Å². The van der Waals surface area contributed by atoms with Crippen LogP contribution in [0.15, 0.2) is 59.7 Å². The van der Waals surface area contributed by atoms with Crippen LogP contribution in [0.3, 0.4) is 0 Å². The number of hydrogen-bond acceptors (Lipinski definition) is 4. The predicted molar refractivity (Wildman–Crippen MR) is 94.1 cm³/mol. The highest BCUT2D eigenvalue weighted by Crippen LogP contribution is 2.10. The first-order chi connectivity index (χ1) is 10.6. The smallest absolute Gasteiger partial charge is 0.279 e. The van der Waals surface area contributed by atoms with Gasteiger partial charge in [0.2, 0.25) is 0 Å². The lowest BCUT2D eigenvalue weighted by atomic mass is 10.2. The van der Waals surface area contributed by atoms with Crippen molar-refractivity contribution >= 4 is 40.2 Å². The third-order valence-corrected chi connectivity index (χ3v) is 2.99. The van der Waals surface area contributed by atoms with Crippen molar-refractivity contribution in [1.82, 2.24) is 0 Å². The lowest BCUT2D eigenvalue weighted by molar-refractivity contribution is -0.110. The summed E-state index contributed by atoms with van der Waals surface area (Å²) in [7, 11) is 0. The molecule has 0 aliphatic rings. The van der Waals surface area contributed by atoms with E-state index >= 15 is 0 Å². The number of amides is 1. The Labute approximate surface area is 134 Å². The summed E-state index contributed by atoms with van der Waals surface area (Å²) < 4.78 is 0. The van der Waals surface area contributed by atoms with E-state index in [1.165, 1.54) is 0 Å². The Morgan fingerprint density at radius 1 is 1.09 bits per heavy atom. The summed E-state index contributed by atoms with van der Waals surface area (Å²) in [6.07, 6.45) is 0. The van der Waals surface area contributed by atoms with Crippen LogP contribution in [0.1, 0.15) is 5.56 Å². The number of thiocarbonyl (C=S) groups is 1. The average molecular weight is 312 g/mol. The van der Waals surface area contributed by atoms with Gasteiger partial charge in [-0.05, 0) is 36.8 Å². The highest BCUT2D eigenvalue weighted by Gasteiger charge is 2.15.